The first kappa shape index (κ1) is 13.4. The van der Waals surface area contributed by atoms with Gasteiger partial charge < -0.3 is 5.11 Å². The van der Waals surface area contributed by atoms with Crippen molar-refractivity contribution >= 4 is 27.7 Å². The van der Waals surface area contributed by atoms with Gasteiger partial charge in [-0.2, -0.15) is 0 Å². The second-order valence-electron chi connectivity index (χ2n) is 4.74. The molecule has 0 radical (unpaired) electrons. The zero-order chi connectivity index (χ0) is 12.3. The minimum atomic E-state index is -0.389. The Balaban J connectivity index is 2.05. The van der Waals surface area contributed by atoms with Crippen LogP contribution in [0.2, 0.25) is 0 Å². The predicted octanol–water partition coefficient (Wildman–Crippen LogP) is 4.93. The lowest BCUT2D eigenvalue weighted by atomic mass is 10.0. The number of hydrogen-bond acceptors (Lipinski definition) is 2. The number of aliphatic hydroxyl groups is 1. The van der Waals surface area contributed by atoms with E-state index in [0.717, 1.165) is 15.3 Å². The van der Waals surface area contributed by atoms with Crippen LogP contribution < -0.4 is 0 Å². The van der Waals surface area contributed by atoms with Gasteiger partial charge in [-0.05, 0) is 53.4 Å². The quantitative estimate of drug-likeness (QED) is 0.853. The van der Waals surface area contributed by atoms with Crippen LogP contribution in [0.15, 0.2) is 27.6 Å². The van der Waals surface area contributed by atoms with Gasteiger partial charge >= 0.3 is 0 Å². The van der Waals surface area contributed by atoms with Gasteiger partial charge in [0.25, 0.3) is 0 Å². The molecule has 0 spiro atoms. The molecule has 1 atom stereocenters. The fraction of sp³-hybridized carbons (Fsp3) is 0.571. The first-order chi connectivity index (χ1) is 8.16. The fourth-order valence-corrected chi connectivity index (χ4v) is 4.16. The highest BCUT2D eigenvalue weighted by Crippen LogP contribution is 2.37. The van der Waals surface area contributed by atoms with Crippen molar-refractivity contribution in [2.45, 2.75) is 55.3 Å². The number of halogens is 1. The average molecular weight is 315 g/mol. The third kappa shape index (κ3) is 3.73. The molecule has 1 aliphatic carbocycles. The van der Waals surface area contributed by atoms with E-state index in [1.165, 1.54) is 37.0 Å². The van der Waals surface area contributed by atoms with Crippen molar-refractivity contribution in [2.24, 2.45) is 0 Å². The molecule has 3 heteroatoms. The summed E-state index contributed by atoms with van der Waals surface area (Å²) < 4.78 is 1.12. The summed E-state index contributed by atoms with van der Waals surface area (Å²) in [6.45, 7) is 1.80. The van der Waals surface area contributed by atoms with Crippen molar-refractivity contribution in [3.63, 3.8) is 0 Å². The topological polar surface area (TPSA) is 20.2 Å². The Labute approximate surface area is 116 Å². The molecule has 1 unspecified atom stereocenters. The standard InChI is InChI=1S/C14H19BrOS/c1-10(16)11-7-8-14(13(15)9-11)17-12-5-3-2-4-6-12/h7-10,12,16H,2-6H2,1H3. The maximum atomic E-state index is 9.53. The molecule has 1 N–H and O–H groups in total. The van der Waals surface area contributed by atoms with E-state index in [1.54, 1.807) is 6.92 Å². The van der Waals surface area contributed by atoms with E-state index < -0.39 is 0 Å². The molecule has 1 fully saturated rings. The minimum absolute atomic E-state index is 0.389. The van der Waals surface area contributed by atoms with Crippen LogP contribution >= 0.6 is 27.7 Å². The molecule has 2 rings (SSSR count). The smallest absolute Gasteiger partial charge is 0.0762 e. The lowest BCUT2D eigenvalue weighted by molar-refractivity contribution is 0.199. The molecule has 1 nitrogen and oxygen atoms in total. The first-order valence-corrected chi connectivity index (χ1v) is 7.98. The van der Waals surface area contributed by atoms with Crippen LogP contribution in [0.4, 0.5) is 0 Å². The SMILES string of the molecule is CC(O)c1ccc(SC2CCCCC2)c(Br)c1. The average Bonchev–Trinajstić information content (AvgIpc) is 2.33. The molecular weight excluding hydrogens is 296 g/mol. The van der Waals surface area contributed by atoms with Crippen molar-refractivity contribution in [3.8, 4) is 0 Å². The highest BCUT2D eigenvalue weighted by atomic mass is 79.9. The van der Waals surface area contributed by atoms with Gasteiger partial charge in [-0.3, -0.25) is 0 Å². The third-order valence-corrected chi connectivity index (χ3v) is 5.62. The summed E-state index contributed by atoms with van der Waals surface area (Å²) in [7, 11) is 0. The Morgan fingerprint density at radius 2 is 2.00 bits per heavy atom. The van der Waals surface area contributed by atoms with Gasteiger partial charge in [0.05, 0.1) is 6.10 Å². The van der Waals surface area contributed by atoms with Crippen molar-refractivity contribution in [1.82, 2.24) is 0 Å². The van der Waals surface area contributed by atoms with E-state index in [0.29, 0.717) is 0 Å². The van der Waals surface area contributed by atoms with Gasteiger partial charge in [0.2, 0.25) is 0 Å². The molecule has 0 bridgehead atoms. The largest absolute Gasteiger partial charge is 0.389 e. The highest BCUT2D eigenvalue weighted by Gasteiger charge is 2.16. The molecule has 0 aromatic heterocycles. The summed E-state index contributed by atoms with van der Waals surface area (Å²) in [6, 6.07) is 6.20. The number of hydrogen-bond donors (Lipinski definition) is 1. The minimum Gasteiger partial charge on any atom is -0.389 e. The number of rotatable bonds is 3. The molecule has 1 aromatic rings. The Hall–Kier alpha value is 0.01000. The first-order valence-electron chi connectivity index (χ1n) is 6.31. The summed E-state index contributed by atoms with van der Waals surface area (Å²) in [5.41, 5.74) is 0.977. The van der Waals surface area contributed by atoms with Gasteiger partial charge in [0.1, 0.15) is 0 Å². The normalized spacial score (nSPS) is 19.2. The Morgan fingerprint density at radius 3 is 2.59 bits per heavy atom. The molecule has 94 valence electrons. The van der Waals surface area contributed by atoms with E-state index in [9.17, 15) is 5.11 Å². The zero-order valence-corrected chi connectivity index (χ0v) is 12.6. The lowest BCUT2D eigenvalue weighted by Crippen LogP contribution is -2.07. The van der Waals surface area contributed by atoms with Crippen LogP contribution in [0.25, 0.3) is 0 Å². The molecule has 0 amide bonds. The van der Waals surface area contributed by atoms with E-state index in [4.69, 9.17) is 0 Å². The third-order valence-electron chi connectivity index (χ3n) is 3.28. The van der Waals surface area contributed by atoms with Crippen LogP contribution in [0.5, 0.6) is 0 Å². The van der Waals surface area contributed by atoms with Crippen LogP contribution in [-0.4, -0.2) is 10.4 Å². The molecule has 1 saturated carbocycles. The van der Waals surface area contributed by atoms with Crippen LogP contribution in [-0.2, 0) is 0 Å². The highest BCUT2D eigenvalue weighted by molar-refractivity contribution is 9.10. The molecular formula is C14H19BrOS. The second-order valence-corrected chi connectivity index (χ2v) is 6.94. The van der Waals surface area contributed by atoms with Crippen LogP contribution in [0, 0.1) is 0 Å². The fourth-order valence-electron chi connectivity index (χ4n) is 2.24. The maximum absolute atomic E-state index is 9.53. The predicted molar refractivity (Wildman–Crippen MR) is 77.5 cm³/mol. The van der Waals surface area contributed by atoms with Gasteiger partial charge in [-0.1, -0.05) is 25.3 Å². The number of aliphatic hydroxyl groups excluding tert-OH is 1. The van der Waals surface area contributed by atoms with Gasteiger partial charge in [0.15, 0.2) is 0 Å². The summed E-state index contributed by atoms with van der Waals surface area (Å²) in [4.78, 5) is 1.31. The number of benzene rings is 1. The van der Waals surface area contributed by atoms with Crippen molar-refractivity contribution in [3.05, 3.63) is 28.2 Å². The van der Waals surface area contributed by atoms with Crippen LogP contribution in [0.3, 0.4) is 0 Å². The molecule has 1 aromatic carbocycles. The Bertz CT molecular complexity index is 372. The Morgan fingerprint density at radius 1 is 1.29 bits per heavy atom. The molecule has 0 saturated heterocycles. The summed E-state index contributed by atoms with van der Waals surface area (Å²) >= 11 is 5.59. The molecule has 17 heavy (non-hydrogen) atoms. The lowest BCUT2D eigenvalue weighted by Gasteiger charge is -2.21. The van der Waals surface area contributed by atoms with E-state index in [1.807, 2.05) is 23.9 Å². The molecule has 0 heterocycles. The van der Waals surface area contributed by atoms with E-state index in [2.05, 4.69) is 22.0 Å². The zero-order valence-electron chi connectivity index (χ0n) is 10.2. The van der Waals surface area contributed by atoms with Gasteiger partial charge in [-0.15, -0.1) is 11.8 Å². The van der Waals surface area contributed by atoms with Gasteiger partial charge in [0, 0.05) is 14.6 Å². The summed E-state index contributed by atoms with van der Waals surface area (Å²) in [5.74, 6) is 0. The van der Waals surface area contributed by atoms with Crippen molar-refractivity contribution < 1.29 is 5.11 Å². The van der Waals surface area contributed by atoms with Crippen LogP contribution in [0.1, 0.15) is 50.7 Å². The van der Waals surface area contributed by atoms with E-state index in [-0.39, 0.29) is 6.10 Å². The van der Waals surface area contributed by atoms with Crippen molar-refractivity contribution in [2.75, 3.05) is 0 Å². The Kier molecular flexibility index (Phi) is 4.95. The summed E-state index contributed by atoms with van der Waals surface area (Å²) in [6.07, 6.45) is 6.45. The molecule has 0 aliphatic heterocycles. The van der Waals surface area contributed by atoms with E-state index >= 15 is 0 Å². The molecule has 1 aliphatic rings. The second kappa shape index (κ2) is 6.26. The maximum Gasteiger partial charge on any atom is 0.0762 e. The van der Waals surface area contributed by atoms with Gasteiger partial charge in [-0.25, -0.2) is 0 Å². The summed E-state index contributed by atoms with van der Waals surface area (Å²) in [5, 5.41) is 10.3. The monoisotopic (exact) mass is 314 g/mol. The number of thioether (sulfide) groups is 1. The van der Waals surface area contributed by atoms with Crippen molar-refractivity contribution in [1.29, 1.82) is 0 Å².